The van der Waals surface area contributed by atoms with Gasteiger partial charge in [-0.1, -0.05) is 36.4 Å². The molecule has 0 unspecified atom stereocenters. The quantitative estimate of drug-likeness (QED) is 0.580. The summed E-state index contributed by atoms with van der Waals surface area (Å²) in [6, 6.07) is 15.0. The van der Waals surface area contributed by atoms with Crippen LogP contribution >= 0.6 is 0 Å². The maximum absolute atomic E-state index is 11.9. The van der Waals surface area contributed by atoms with Gasteiger partial charge in [0.1, 0.15) is 12.0 Å². The number of benzene rings is 2. The molecule has 0 saturated heterocycles. The summed E-state index contributed by atoms with van der Waals surface area (Å²) in [5, 5.41) is 0. The minimum Gasteiger partial charge on any atom is -0.493 e. The van der Waals surface area contributed by atoms with Crippen molar-refractivity contribution in [2.24, 2.45) is 0 Å². The van der Waals surface area contributed by atoms with Gasteiger partial charge >= 0.3 is 0 Å². The molecule has 2 nitrogen and oxygen atoms in total. The van der Waals surface area contributed by atoms with Crippen molar-refractivity contribution in [3.63, 3.8) is 0 Å². The Morgan fingerprint density at radius 2 is 1.53 bits per heavy atom. The summed E-state index contributed by atoms with van der Waals surface area (Å²) in [6.07, 6.45) is 1.24. The molecule has 0 saturated carbocycles. The average molecular weight is 258 g/mol. The van der Waals surface area contributed by atoms with Gasteiger partial charge in [0.15, 0.2) is 0 Å². The zero-order chi connectivity index (χ0) is 13.5. The number of rotatable bonds is 6. The summed E-state index contributed by atoms with van der Waals surface area (Å²) in [6.45, 7) is 0.0328. The summed E-state index contributed by atoms with van der Waals surface area (Å²) >= 11 is 0. The first-order valence-electron chi connectivity index (χ1n) is 6.18. The van der Waals surface area contributed by atoms with Crippen LogP contribution in [0.25, 0.3) is 11.1 Å². The lowest BCUT2D eigenvalue weighted by Crippen LogP contribution is -1.97. The first-order valence-corrected chi connectivity index (χ1v) is 6.18. The van der Waals surface area contributed by atoms with Gasteiger partial charge in [-0.05, 0) is 23.3 Å². The molecule has 0 amide bonds. The highest BCUT2D eigenvalue weighted by Gasteiger charge is 1.99. The molecule has 0 radical (unpaired) electrons. The molecule has 98 valence electrons. The average Bonchev–Trinajstić information content (AvgIpc) is 2.48. The summed E-state index contributed by atoms with van der Waals surface area (Å²) in [5.41, 5.74) is 2.76. The van der Waals surface area contributed by atoms with Gasteiger partial charge in [-0.2, -0.15) is 0 Å². The van der Waals surface area contributed by atoms with Crippen LogP contribution in [0.15, 0.2) is 48.5 Å². The molecule has 0 aliphatic heterocycles. The van der Waals surface area contributed by atoms with E-state index in [1.807, 2.05) is 36.4 Å². The van der Waals surface area contributed by atoms with Gasteiger partial charge in [-0.3, -0.25) is 9.18 Å². The Morgan fingerprint density at radius 3 is 2.05 bits per heavy atom. The van der Waals surface area contributed by atoms with E-state index in [0.29, 0.717) is 18.6 Å². The molecule has 0 aromatic heterocycles. The number of hydrogen-bond acceptors (Lipinski definition) is 2. The molecule has 19 heavy (non-hydrogen) atoms. The normalized spacial score (nSPS) is 10.2. The third-order valence-electron chi connectivity index (χ3n) is 2.78. The van der Waals surface area contributed by atoms with E-state index >= 15 is 0 Å². The molecule has 0 heterocycles. The fourth-order valence-electron chi connectivity index (χ4n) is 1.74. The second-order valence-corrected chi connectivity index (χ2v) is 4.16. The van der Waals surface area contributed by atoms with E-state index in [4.69, 9.17) is 4.74 Å². The van der Waals surface area contributed by atoms with Crippen LogP contribution in [-0.4, -0.2) is 19.6 Å². The highest BCUT2D eigenvalue weighted by Crippen LogP contribution is 2.22. The molecule has 0 spiro atoms. The summed E-state index contributed by atoms with van der Waals surface area (Å²) in [5.74, 6) is 0.738. The van der Waals surface area contributed by atoms with E-state index in [0.717, 1.165) is 23.2 Å². The molecule has 2 aromatic carbocycles. The first kappa shape index (κ1) is 13.3. The smallest absolute Gasteiger partial charge is 0.150 e. The monoisotopic (exact) mass is 258 g/mol. The van der Waals surface area contributed by atoms with Gasteiger partial charge in [0, 0.05) is 12.0 Å². The molecule has 2 rings (SSSR count). The molecule has 0 atom stereocenters. The van der Waals surface area contributed by atoms with E-state index in [9.17, 15) is 9.18 Å². The van der Waals surface area contributed by atoms with Crippen molar-refractivity contribution >= 4 is 6.29 Å². The summed E-state index contributed by atoms with van der Waals surface area (Å²) < 4.78 is 17.3. The standard InChI is InChI=1S/C16H15FO2/c17-10-1-11-19-16-8-6-15(7-9-16)14-4-2-13(12-18)3-5-14/h2-9,12H,1,10-11H2. The predicted molar refractivity (Wildman–Crippen MR) is 73.4 cm³/mol. The lowest BCUT2D eigenvalue weighted by atomic mass is 10.0. The summed E-state index contributed by atoms with van der Waals surface area (Å²) in [7, 11) is 0. The Hall–Kier alpha value is -2.16. The van der Waals surface area contributed by atoms with Crippen LogP contribution in [0.1, 0.15) is 16.8 Å². The third-order valence-corrected chi connectivity index (χ3v) is 2.78. The SMILES string of the molecule is O=Cc1ccc(-c2ccc(OCCCF)cc2)cc1. The van der Waals surface area contributed by atoms with Crippen LogP contribution in [0.3, 0.4) is 0 Å². The highest BCUT2D eigenvalue weighted by molar-refractivity contribution is 5.76. The van der Waals surface area contributed by atoms with Gasteiger partial charge in [-0.25, -0.2) is 0 Å². The zero-order valence-electron chi connectivity index (χ0n) is 10.5. The first-order chi connectivity index (χ1) is 9.33. The number of ether oxygens (including phenoxy) is 1. The van der Waals surface area contributed by atoms with E-state index in [-0.39, 0.29) is 6.67 Å². The maximum Gasteiger partial charge on any atom is 0.150 e. The molecule has 0 aliphatic rings. The fourth-order valence-corrected chi connectivity index (χ4v) is 1.74. The van der Waals surface area contributed by atoms with E-state index in [1.165, 1.54) is 0 Å². The Labute approximate surface area is 111 Å². The van der Waals surface area contributed by atoms with E-state index < -0.39 is 0 Å². The molecule has 2 aromatic rings. The number of carbonyl (C=O) groups is 1. The van der Waals surface area contributed by atoms with Crippen molar-refractivity contribution in [2.75, 3.05) is 13.3 Å². The second-order valence-electron chi connectivity index (χ2n) is 4.16. The highest BCUT2D eigenvalue weighted by atomic mass is 19.1. The van der Waals surface area contributed by atoms with Crippen LogP contribution in [0.2, 0.25) is 0 Å². The van der Waals surface area contributed by atoms with Crippen molar-refractivity contribution in [2.45, 2.75) is 6.42 Å². The molecule has 3 heteroatoms. The zero-order valence-corrected chi connectivity index (χ0v) is 10.5. The van der Waals surface area contributed by atoms with Crippen LogP contribution in [0.5, 0.6) is 5.75 Å². The van der Waals surface area contributed by atoms with Gasteiger partial charge < -0.3 is 4.74 Å². The number of alkyl halides is 1. The van der Waals surface area contributed by atoms with Gasteiger partial charge in [0.2, 0.25) is 0 Å². The molecular formula is C16H15FO2. The maximum atomic E-state index is 11.9. The van der Waals surface area contributed by atoms with Crippen LogP contribution in [-0.2, 0) is 0 Å². The number of halogens is 1. The third kappa shape index (κ3) is 3.65. The van der Waals surface area contributed by atoms with Gasteiger partial charge in [0.05, 0.1) is 13.3 Å². The van der Waals surface area contributed by atoms with Gasteiger partial charge in [0.25, 0.3) is 0 Å². The predicted octanol–water partition coefficient (Wildman–Crippen LogP) is 3.90. The van der Waals surface area contributed by atoms with E-state index in [2.05, 4.69) is 0 Å². The number of aldehydes is 1. The number of carbonyl (C=O) groups excluding carboxylic acids is 1. The van der Waals surface area contributed by atoms with Crippen molar-refractivity contribution in [3.05, 3.63) is 54.1 Å². The Morgan fingerprint density at radius 1 is 0.947 bits per heavy atom. The lowest BCUT2D eigenvalue weighted by Gasteiger charge is -2.06. The van der Waals surface area contributed by atoms with Crippen molar-refractivity contribution in [1.82, 2.24) is 0 Å². The van der Waals surface area contributed by atoms with Crippen LogP contribution in [0.4, 0.5) is 4.39 Å². The fraction of sp³-hybridized carbons (Fsp3) is 0.188. The molecule has 0 aliphatic carbocycles. The minimum absolute atomic E-state index is 0.360. The number of hydrogen-bond donors (Lipinski definition) is 0. The van der Waals surface area contributed by atoms with Crippen LogP contribution < -0.4 is 4.74 Å². The Bertz CT molecular complexity index is 517. The topological polar surface area (TPSA) is 26.3 Å². The Kier molecular flexibility index (Phi) is 4.67. The minimum atomic E-state index is -0.360. The van der Waals surface area contributed by atoms with Gasteiger partial charge in [-0.15, -0.1) is 0 Å². The largest absolute Gasteiger partial charge is 0.493 e. The second kappa shape index (κ2) is 6.69. The molecule has 0 N–H and O–H groups in total. The van der Waals surface area contributed by atoms with E-state index in [1.54, 1.807) is 12.1 Å². The Balaban J connectivity index is 2.06. The van der Waals surface area contributed by atoms with Crippen LogP contribution in [0, 0.1) is 0 Å². The lowest BCUT2D eigenvalue weighted by molar-refractivity contribution is 0.112. The van der Waals surface area contributed by atoms with Crippen molar-refractivity contribution < 1.29 is 13.9 Å². The molecule has 0 bridgehead atoms. The molecule has 0 fully saturated rings. The summed E-state index contributed by atoms with van der Waals surface area (Å²) in [4.78, 5) is 10.6. The van der Waals surface area contributed by atoms with Crippen molar-refractivity contribution in [3.8, 4) is 16.9 Å². The molecular weight excluding hydrogens is 243 g/mol. The van der Waals surface area contributed by atoms with Crippen molar-refractivity contribution in [1.29, 1.82) is 0 Å².